The van der Waals surface area contributed by atoms with Gasteiger partial charge in [-0.15, -0.1) is 24.3 Å². The molecule has 3 aliphatic rings. The maximum Gasteiger partial charge on any atom is 0.381 e. The number of rotatable bonds is 1. The molecule has 0 atom stereocenters. The summed E-state index contributed by atoms with van der Waals surface area (Å²) in [5, 5.41) is 7.59. The summed E-state index contributed by atoms with van der Waals surface area (Å²) >= 11 is -0.0517. The number of aromatic nitrogens is 2. The molecule has 0 saturated heterocycles. The Bertz CT molecular complexity index is 1030. The zero-order valence-corrected chi connectivity index (χ0v) is 18.7. The number of aryl methyl sites for hydroxylation is 1. The van der Waals surface area contributed by atoms with Gasteiger partial charge in [-0.05, 0) is 12.5 Å². The summed E-state index contributed by atoms with van der Waals surface area (Å²) in [6.07, 6.45) is 4.28. The monoisotopic (exact) mass is 595 g/mol. The standard InChI is InChI=1S/C11H7F3N2.C9H12N4.Pt/c1-7-6-10(16-15-7)8-2-4-9(5-3-8)11(12,13)14;1-10-3-5-12(7-10)9-13-6-4-11(2)8-13;/h2,4-6H,1H3;3-6H,9H2,1-2H3;/q-2;;. The first-order valence-electron chi connectivity index (χ1n) is 8.97. The van der Waals surface area contributed by atoms with Gasteiger partial charge in [-0.25, -0.2) is 5.69 Å². The van der Waals surface area contributed by atoms with Crippen molar-refractivity contribution in [3.8, 4) is 11.3 Å². The van der Waals surface area contributed by atoms with Crippen LogP contribution in [-0.2, 0) is 23.8 Å². The second-order valence-corrected chi connectivity index (χ2v) is 9.42. The van der Waals surface area contributed by atoms with Gasteiger partial charge < -0.3 is 10.2 Å². The van der Waals surface area contributed by atoms with Gasteiger partial charge in [0.25, 0.3) is 0 Å². The Hall–Kier alpha value is -2.67. The largest absolute Gasteiger partial charge is 0.619 e. The van der Waals surface area contributed by atoms with E-state index >= 15 is 0 Å². The first-order chi connectivity index (χ1) is 14.2. The van der Waals surface area contributed by atoms with Gasteiger partial charge in [-0.3, -0.25) is 0 Å². The molecule has 30 heavy (non-hydrogen) atoms. The molecule has 0 saturated carbocycles. The summed E-state index contributed by atoms with van der Waals surface area (Å²) in [6, 6.07) is 7.51. The molecule has 6 nitrogen and oxygen atoms in total. The SMILES string of the molecule is CN1C=CN2CN3C=CN(C)[C]3=[Pt]=[C]12.Cc1cc(-c2[c-]cc(C(F)(F)F)cc2)[n-]n1. The van der Waals surface area contributed by atoms with Crippen LogP contribution in [0.1, 0.15) is 11.3 Å². The zero-order valence-electron chi connectivity index (χ0n) is 16.5. The van der Waals surface area contributed by atoms with Crippen LogP contribution in [0.25, 0.3) is 11.3 Å². The van der Waals surface area contributed by atoms with E-state index in [1.54, 1.807) is 13.0 Å². The molecule has 0 fully saturated rings. The first kappa shape index (κ1) is 20.6. The fourth-order valence-corrected chi connectivity index (χ4v) is 5.81. The minimum absolute atomic E-state index is 0.0517. The molecule has 2 aromatic rings. The van der Waals surface area contributed by atoms with Gasteiger partial charge in [0.2, 0.25) is 0 Å². The van der Waals surface area contributed by atoms with Crippen molar-refractivity contribution in [1.82, 2.24) is 29.8 Å². The number of hydrogen-bond donors (Lipinski definition) is 0. The molecular formula is C20H19F3N6Pt-2. The van der Waals surface area contributed by atoms with Crippen molar-refractivity contribution < 1.29 is 30.8 Å². The van der Waals surface area contributed by atoms with E-state index in [-0.39, 0.29) is 17.6 Å². The van der Waals surface area contributed by atoms with Crippen LogP contribution in [0.2, 0.25) is 0 Å². The number of benzene rings is 1. The van der Waals surface area contributed by atoms with Crippen LogP contribution < -0.4 is 5.10 Å². The number of fused-ring (bicyclic) bond motifs is 2. The summed E-state index contributed by atoms with van der Waals surface area (Å²) in [7, 11) is 4.26. The van der Waals surface area contributed by atoms with Gasteiger partial charge in [0, 0.05) is 5.69 Å². The van der Waals surface area contributed by atoms with Crippen molar-refractivity contribution in [2.45, 2.75) is 13.1 Å². The average molecular weight is 595 g/mol. The van der Waals surface area contributed by atoms with Crippen molar-refractivity contribution in [3.05, 3.63) is 66.4 Å². The van der Waals surface area contributed by atoms with E-state index in [2.05, 4.69) is 74.8 Å². The van der Waals surface area contributed by atoms with Gasteiger partial charge in [0.1, 0.15) is 0 Å². The molecule has 4 heterocycles. The molecule has 5 rings (SSSR count). The summed E-state index contributed by atoms with van der Waals surface area (Å²) in [5.74, 6) is 0. The number of halogens is 3. The predicted molar refractivity (Wildman–Crippen MR) is 104 cm³/mol. The zero-order chi connectivity index (χ0) is 21.5. The van der Waals surface area contributed by atoms with Crippen molar-refractivity contribution in [3.63, 3.8) is 0 Å². The van der Waals surface area contributed by atoms with Gasteiger partial charge >= 0.3 is 97.3 Å². The van der Waals surface area contributed by atoms with E-state index in [0.717, 1.165) is 24.5 Å². The van der Waals surface area contributed by atoms with Crippen molar-refractivity contribution >= 4 is 8.29 Å². The second-order valence-electron chi connectivity index (χ2n) is 6.82. The molecule has 0 unspecified atom stereocenters. The van der Waals surface area contributed by atoms with Gasteiger partial charge in [-0.1, -0.05) is 6.07 Å². The first-order valence-corrected chi connectivity index (χ1v) is 11.2. The van der Waals surface area contributed by atoms with E-state index in [1.165, 1.54) is 14.4 Å². The molecule has 0 radical (unpaired) electrons. The van der Waals surface area contributed by atoms with Gasteiger partial charge in [-0.2, -0.15) is 18.7 Å². The molecule has 0 amide bonds. The molecule has 0 spiro atoms. The maximum absolute atomic E-state index is 12.3. The third kappa shape index (κ3) is 4.12. The Morgan fingerprint density at radius 1 is 1.03 bits per heavy atom. The van der Waals surface area contributed by atoms with E-state index in [9.17, 15) is 13.2 Å². The normalized spacial score (nSPS) is 17.7. The minimum Gasteiger partial charge on any atom is -0.619 e. The van der Waals surface area contributed by atoms with E-state index in [1.807, 2.05) is 0 Å². The third-order valence-corrected chi connectivity index (χ3v) is 8.36. The van der Waals surface area contributed by atoms with Crippen LogP contribution in [-0.4, -0.2) is 53.8 Å². The van der Waals surface area contributed by atoms with E-state index in [4.69, 9.17) is 0 Å². The summed E-state index contributed by atoms with van der Waals surface area (Å²) in [6.45, 7) is 2.73. The smallest absolute Gasteiger partial charge is 0.381 e. The quantitative estimate of drug-likeness (QED) is 0.473. The van der Waals surface area contributed by atoms with Crippen LogP contribution in [0.15, 0.2) is 49.1 Å². The summed E-state index contributed by atoms with van der Waals surface area (Å²) < 4.78 is 39.8. The minimum atomic E-state index is -4.33. The molecule has 3 aliphatic heterocycles. The van der Waals surface area contributed by atoms with Crippen LogP contribution in [0.3, 0.4) is 0 Å². The Morgan fingerprint density at radius 2 is 1.67 bits per heavy atom. The van der Waals surface area contributed by atoms with Crippen molar-refractivity contribution in [1.29, 1.82) is 0 Å². The molecule has 0 bridgehead atoms. The van der Waals surface area contributed by atoms with Crippen molar-refractivity contribution in [2.24, 2.45) is 0 Å². The Labute approximate surface area is 180 Å². The van der Waals surface area contributed by atoms with Crippen molar-refractivity contribution in [2.75, 3.05) is 20.8 Å². The molecule has 1 aromatic heterocycles. The van der Waals surface area contributed by atoms with Crippen LogP contribution in [0, 0.1) is 13.0 Å². The average Bonchev–Trinajstić information content (AvgIpc) is 3.41. The van der Waals surface area contributed by atoms with Crippen LogP contribution in [0.5, 0.6) is 0 Å². The second kappa shape index (κ2) is 7.87. The molecule has 0 aliphatic carbocycles. The number of alkyl halides is 3. The van der Waals surface area contributed by atoms with Crippen LogP contribution >= 0.6 is 0 Å². The third-order valence-electron chi connectivity index (χ3n) is 4.44. The summed E-state index contributed by atoms with van der Waals surface area (Å²) in [4.78, 5) is 9.15. The van der Waals surface area contributed by atoms with Crippen LogP contribution in [0.4, 0.5) is 13.2 Å². The number of nitrogens with zero attached hydrogens (tertiary/aromatic N) is 6. The predicted octanol–water partition coefficient (Wildman–Crippen LogP) is 2.49. The maximum atomic E-state index is 12.3. The summed E-state index contributed by atoms with van der Waals surface area (Å²) in [5.41, 5.74) is 1.05. The molecule has 0 N–H and O–H groups in total. The van der Waals surface area contributed by atoms with E-state index < -0.39 is 11.7 Å². The fourth-order valence-electron chi connectivity index (χ4n) is 2.91. The Kier molecular flexibility index (Phi) is 5.40. The topological polar surface area (TPSA) is 40.0 Å². The molecule has 162 valence electrons. The molecular weight excluding hydrogens is 576 g/mol. The van der Waals surface area contributed by atoms with Gasteiger partial charge in [0.05, 0.1) is 0 Å². The molecule has 1 aromatic carbocycles. The van der Waals surface area contributed by atoms with Gasteiger partial charge in [0.15, 0.2) is 0 Å². The fraction of sp³-hybridized carbons (Fsp3) is 0.250. The Morgan fingerprint density at radius 3 is 2.13 bits per heavy atom. The van der Waals surface area contributed by atoms with E-state index in [0.29, 0.717) is 11.3 Å². The Balaban J connectivity index is 0.000000146. The molecule has 10 heteroatoms. The number of hydrogen-bond acceptors (Lipinski definition) is 5.